The number of azo groups is 1. The molecule has 0 heterocycles. The molecule has 0 rings (SSSR count). The molecule has 2 atom stereocenters. The molecular weight excluding hydrogens is 242 g/mol. The summed E-state index contributed by atoms with van der Waals surface area (Å²) < 4.78 is 0. The SMILES string of the molecule is CC(CN=NCC(C)C(=N)N)C(=N)N.O=[N+]([O-])O. The molecular formula is C8H19N7O3. The standard InChI is InChI=1S/C8H18N6.HNO3/c1-5(7(9)10)3-13-14-4-6(2)8(11)12;2-1(3)4/h5-6H,3-4H2,1-2H3,(H3,9,10)(H3,11,12);(H,2,3,4). The first kappa shape index (κ1) is 18.1. The van der Waals surface area contributed by atoms with Crippen molar-refractivity contribution in [1.82, 2.24) is 0 Å². The van der Waals surface area contributed by atoms with Gasteiger partial charge in [0.15, 0.2) is 0 Å². The van der Waals surface area contributed by atoms with Crippen LogP contribution in [0.15, 0.2) is 10.2 Å². The van der Waals surface area contributed by atoms with E-state index in [-0.39, 0.29) is 23.5 Å². The van der Waals surface area contributed by atoms with Crippen LogP contribution in [0.3, 0.4) is 0 Å². The molecule has 18 heavy (non-hydrogen) atoms. The number of rotatable bonds is 6. The van der Waals surface area contributed by atoms with Crippen molar-refractivity contribution in [2.24, 2.45) is 33.5 Å². The third-order valence-corrected chi connectivity index (χ3v) is 1.87. The van der Waals surface area contributed by atoms with Crippen molar-refractivity contribution in [2.45, 2.75) is 13.8 Å². The van der Waals surface area contributed by atoms with Crippen LogP contribution in [0, 0.1) is 32.8 Å². The van der Waals surface area contributed by atoms with Crippen molar-refractivity contribution in [3.63, 3.8) is 0 Å². The van der Waals surface area contributed by atoms with Crippen LogP contribution < -0.4 is 11.5 Å². The first-order valence-electron chi connectivity index (χ1n) is 5.02. The van der Waals surface area contributed by atoms with Crippen LogP contribution >= 0.6 is 0 Å². The van der Waals surface area contributed by atoms with E-state index in [2.05, 4.69) is 10.2 Å². The highest BCUT2D eigenvalue weighted by atomic mass is 16.9. The van der Waals surface area contributed by atoms with Crippen molar-refractivity contribution in [3.8, 4) is 0 Å². The normalized spacial score (nSPS) is 13.2. The fourth-order valence-electron chi connectivity index (χ4n) is 0.557. The molecule has 104 valence electrons. The van der Waals surface area contributed by atoms with Gasteiger partial charge in [-0.3, -0.25) is 10.8 Å². The Morgan fingerprint density at radius 2 is 1.44 bits per heavy atom. The second-order valence-corrected chi connectivity index (χ2v) is 3.60. The van der Waals surface area contributed by atoms with Crippen LogP contribution in [0.5, 0.6) is 0 Å². The number of hydrogen-bond donors (Lipinski definition) is 5. The molecule has 10 nitrogen and oxygen atoms in total. The first-order valence-corrected chi connectivity index (χ1v) is 5.02. The zero-order chi connectivity index (χ0) is 14.7. The average Bonchev–Trinajstić information content (AvgIpc) is 2.22. The van der Waals surface area contributed by atoms with Crippen LogP contribution in [0.4, 0.5) is 0 Å². The molecule has 0 aromatic heterocycles. The van der Waals surface area contributed by atoms with Gasteiger partial charge in [-0.1, -0.05) is 13.8 Å². The van der Waals surface area contributed by atoms with Crippen molar-refractivity contribution >= 4 is 11.7 Å². The molecule has 2 unspecified atom stereocenters. The van der Waals surface area contributed by atoms with Crippen LogP contribution in [0.1, 0.15) is 13.8 Å². The molecule has 0 aliphatic carbocycles. The van der Waals surface area contributed by atoms with Gasteiger partial charge in [0.1, 0.15) is 0 Å². The lowest BCUT2D eigenvalue weighted by molar-refractivity contribution is -0.742. The van der Waals surface area contributed by atoms with E-state index in [4.69, 9.17) is 37.6 Å². The lowest BCUT2D eigenvalue weighted by Crippen LogP contribution is -2.23. The van der Waals surface area contributed by atoms with Gasteiger partial charge >= 0.3 is 0 Å². The number of amidine groups is 2. The van der Waals surface area contributed by atoms with Gasteiger partial charge in [-0.05, 0) is 0 Å². The fraction of sp³-hybridized carbons (Fsp3) is 0.750. The van der Waals surface area contributed by atoms with Gasteiger partial charge in [0.05, 0.1) is 24.8 Å². The third-order valence-electron chi connectivity index (χ3n) is 1.87. The zero-order valence-electron chi connectivity index (χ0n) is 10.3. The van der Waals surface area contributed by atoms with Gasteiger partial charge in [0.25, 0.3) is 5.09 Å². The molecule has 0 bridgehead atoms. The van der Waals surface area contributed by atoms with E-state index in [9.17, 15) is 0 Å². The van der Waals surface area contributed by atoms with E-state index in [1.165, 1.54) is 0 Å². The maximum Gasteiger partial charge on any atom is 0.291 e. The topological polar surface area (TPSA) is 188 Å². The van der Waals surface area contributed by atoms with E-state index in [1.54, 1.807) is 0 Å². The fourth-order valence-corrected chi connectivity index (χ4v) is 0.557. The molecule has 0 aromatic carbocycles. The minimum atomic E-state index is -1.50. The molecule has 10 heteroatoms. The minimum Gasteiger partial charge on any atom is -0.387 e. The van der Waals surface area contributed by atoms with Crippen molar-refractivity contribution in [3.05, 3.63) is 10.1 Å². The number of nitrogens with one attached hydrogen (secondary N) is 2. The van der Waals surface area contributed by atoms with Gasteiger partial charge in [-0.15, -0.1) is 10.1 Å². The molecule has 0 aliphatic heterocycles. The first-order chi connectivity index (χ1) is 8.18. The lowest BCUT2D eigenvalue weighted by Gasteiger charge is -2.05. The monoisotopic (exact) mass is 261 g/mol. The second-order valence-electron chi connectivity index (χ2n) is 3.60. The molecule has 0 aliphatic rings. The Balaban J connectivity index is 0. The van der Waals surface area contributed by atoms with E-state index >= 15 is 0 Å². The highest BCUT2D eigenvalue weighted by molar-refractivity contribution is 5.79. The number of hydrogen-bond acceptors (Lipinski definition) is 6. The van der Waals surface area contributed by atoms with Gasteiger partial charge in [-0.2, -0.15) is 10.2 Å². The summed E-state index contributed by atoms with van der Waals surface area (Å²) in [6.45, 7) is 4.46. The maximum absolute atomic E-state index is 8.36. The van der Waals surface area contributed by atoms with E-state index in [0.29, 0.717) is 13.1 Å². The molecule has 0 amide bonds. The quantitative estimate of drug-likeness (QED) is 0.150. The molecule has 0 spiro atoms. The Morgan fingerprint density at radius 3 is 1.61 bits per heavy atom. The van der Waals surface area contributed by atoms with Crippen molar-refractivity contribution in [2.75, 3.05) is 13.1 Å². The summed E-state index contributed by atoms with van der Waals surface area (Å²) in [6, 6.07) is 0. The second kappa shape index (κ2) is 9.93. The van der Waals surface area contributed by atoms with Crippen molar-refractivity contribution in [1.29, 1.82) is 10.8 Å². The van der Waals surface area contributed by atoms with Crippen LogP contribution in [0.2, 0.25) is 0 Å². The van der Waals surface area contributed by atoms with Gasteiger partial charge < -0.3 is 16.7 Å². The van der Waals surface area contributed by atoms with Gasteiger partial charge in [0, 0.05) is 11.8 Å². The largest absolute Gasteiger partial charge is 0.387 e. The summed E-state index contributed by atoms with van der Waals surface area (Å²) in [6.07, 6.45) is 0. The lowest BCUT2D eigenvalue weighted by atomic mass is 10.1. The van der Waals surface area contributed by atoms with Crippen molar-refractivity contribution < 1.29 is 10.3 Å². The van der Waals surface area contributed by atoms with E-state index in [0.717, 1.165) is 0 Å². The molecule has 0 fully saturated rings. The molecule has 0 radical (unpaired) electrons. The molecule has 0 aromatic rings. The third kappa shape index (κ3) is 13.7. The molecule has 7 N–H and O–H groups in total. The van der Waals surface area contributed by atoms with Gasteiger partial charge in [-0.25, -0.2) is 0 Å². The number of nitrogens with zero attached hydrogens (tertiary/aromatic N) is 3. The zero-order valence-corrected chi connectivity index (χ0v) is 10.3. The highest BCUT2D eigenvalue weighted by Crippen LogP contribution is 1.97. The highest BCUT2D eigenvalue weighted by Gasteiger charge is 2.05. The van der Waals surface area contributed by atoms with Crippen LogP contribution in [-0.4, -0.2) is 35.1 Å². The average molecular weight is 261 g/mol. The maximum atomic E-state index is 8.36. The van der Waals surface area contributed by atoms with E-state index in [1.807, 2.05) is 13.8 Å². The summed E-state index contributed by atoms with van der Waals surface area (Å²) in [5.74, 6) is 0.0740. The Labute approximate surface area is 104 Å². The van der Waals surface area contributed by atoms with Gasteiger partial charge in [0.2, 0.25) is 0 Å². The van der Waals surface area contributed by atoms with Crippen LogP contribution in [-0.2, 0) is 0 Å². The Bertz CT molecular complexity index is 290. The van der Waals surface area contributed by atoms with Crippen LogP contribution in [0.25, 0.3) is 0 Å². The summed E-state index contributed by atoms with van der Waals surface area (Å²) in [7, 11) is 0. The van der Waals surface area contributed by atoms with E-state index < -0.39 is 5.09 Å². The Hall–Kier alpha value is -2.26. The summed E-state index contributed by atoms with van der Waals surface area (Å²) in [5.41, 5.74) is 10.5. The summed E-state index contributed by atoms with van der Waals surface area (Å²) in [4.78, 5) is 8.36. The smallest absolute Gasteiger partial charge is 0.291 e. The Morgan fingerprint density at radius 1 is 1.22 bits per heavy atom. The molecule has 0 saturated heterocycles. The minimum absolute atomic E-state index is 0.0774. The predicted molar refractivity (Wildman–Crippen MR) is 65.5 cm³/mol. The molecule has 0 saturated carbocycles. The Kier molecular flexibility index (Phi) is 9.99. The predicted octanol–water partition coefficient (Wildman–Crippen LogP) is 0.235. The summed E-state index contributed by atoms with van der Waals surface area (Å²) >= 11 is 0. The summed E-state index contributed by atoms with van der Waals surface area (Å²) in [5, 5.41) is 35.6. The number of nitrogens with two attached hydrogens (primary N) is 2.